The molecule has 1 amide bonds. The smallest absolute Gasteiger partial charge is 0.225 e. The van der Waals surface area contributed by atoms with E-state index in [1.807, 2.05) is 25.1 Å². The molecule has 1 aromatic carbocycles. The lowest BCUT2D eigenvalue weighted by molar-refractivity contribution is -0.121. The molecule has 0 aliphatic carbocycles. The number of likely N-dealkylation sites (tertiary alicyclic amines) is 1. The number of aryl methyl sites for hydroxylation is 1. The molecule has 4 nitrogen and oxygen atoms in total. The van der Waals surface area contributed by atoms with Gasteiger partial charge in [-0.3, -0.25) is 4.79 Å². The highest BCUT2D eigenvalue weighted by Gasteiger charge is 2.20. The Bertz CT molecular complexity index is 692. The highest BCUT2D eigenvalue weighted by atomic mass is 32.1. The van der Waals surface area contributed by atoms with Gasteiger partial charge in [0.2, 0.25) is 5.91 Å². The summed E-state index contributed by atoms with van der Waals surface area (Å²) in [5.74, 6) is 0.104. The summed E-state index contributed by atoms with van der Waals surface area (Å²) in [6, 6.07) is 10.4. The van der Waals surface area contributed by atoms with Gasteiger partial charge in [-0.1, -0.05) is 37.3 Å². The Balaban J connectivity index is 1.64. The second-order valence-electron chi connectivity index (χ2n) is 6.73. The first-order valence-corrected chi connectivity index (χ1v) is 10.0. The number of nitrogens with one attached hydrogen (secondary N) is 1. The maximum Gasteiger partial charge on any atom is 0.225 e. The van der Waals surface area contributed by atoms with E-state index in [0.717, 1.165) is 34.1 Å². The van der Waals surface area contributed by atoms with E-state index < -0.39 is 0 Å². The van der Waals surface area contributed by atoms with Gasteiger partial charge in [0.25, 0.3) is 0 Å². The molecule has 2 heterocycles. The minimum atomic E-state index is 0.104. The number of hydrogen-bond donors (Lipinski definition) is 1. The molecule has 1 aliphatic rings. The third-order valence-electron chi connectivity index (χ3n) is 4.71. The van der Waals surface area contributed by atoms with Gasteiger partial charge in [-0.25, -0.2) is 4.98 Å². The number of carbonyl (C=O) groups is 1. The first-order chi connectivity index (χ1) is 12.2. The summed E-state index contributed by atoms with van der Waals surface area (Å²) in [5.41, 5.74) is 2.03. The molecule has 0 bridgehead atoms. The molecule has 1 N–H and O–H groups in total. The predicted octanol–water partition coefficient (Wildman–Crippen LogP) is 3.65. The summed E-state index contributed by atoms with van der Waals surface area (Å²) in [5, 5.41) is 4.23. The van der Waals surface area contributed by atoms with E-state index in [1.165, 1.54) is 25.9 Å². The van der Waals surface area contributed by atoms with Gasteiger partial charge in [-0.2, -0.15) is 0 Å². The van der Waals surface area contributed by atoms with Gasteiger partial charge in [0.05, 0.1) is 17.1 Å². The van der Waals surface area contributed by atoms with Crippen molar-refractivity contribution in [1.29, 1.82) is 0 Å². The van der Waals surface area contributed by atoms with Gasteiger partial charge in [-0.15, -0.1) is 11.3 Å². The third-order valence-corrected chi connectivity index (χ3v) is 5.68. The Hall–Kier alpha value is -1.72. The Morgan fingerprint density at radius 3 is 2.68 bits per heavy atom. The van der Waals surface area contributed by atoms with Crippen molar-refractivity contribution in [3.63, 3.8) is 0 Å². The van der Waals surface area contributed by atoms with Crippen molar-refractivity contribution in [3.8, 4) is 11.3 Å². The summed E-state index contributed by atoms with van der Waals surface area (Å²) in [7, 11) is 0. The summed E-state index contributed by atoms with van der Waals surface area (Å²) >= 11 is 1.62. The topological polar surface area (TPSA) is 45.2 Å². The quantitative estimate of drug-likeness (QED) is 0.823. The standard InChI is InChI=1S/C20H27N3OS/c1-3-17(14-23-11-7-8-12-23)22-19(24)13-18-20(21-15(2)25-18)16-9-5-4-6-10-16/h4-6,9-10,17H,3,7-8,11-14H2,1-2H3,(H,22,24)/t17-/m1/s1. The molecule has 1 saturated heterocycles. The number of amides is 1. The van der Waals surface area contributed by atoms with Crippen LogP contribution >= 0.6 is 11.3 Å². The van der Waals surface area contributed by atoms with Gasteiger partial charge < -0.3 is 10.2 Å². The molecule has 1 aliphatic heterocycles. The minimum absolute atomic E-state index is 0.104. The molecule has 3 rings (SSSR count). The van der Waals surface area contributed by atoms with E-state index in [2.05, 4.69) is 34.3 Å². The third kappa shape index (κ3) is 4.89. The summed E-state index contributed by atoms with van der Waals surface area (Å²) in [6.45, 7) is 7.45. The van der Waals surface area contributed by atoms with Gasteiger partial charge in [0.15, 0.2) is 0 Å². The highest BCUT2D eigenvalue weighted by Crippen LogP contribution is 2.28. The van der Waals surface area contributed by atoms with Crippen LogP contribution in [0.25, 0.3) is 11.3 Å². The Kier molecular flexibility index (Phi) is 6.21. The second kappa shape index (κ2) is 8.59. The second-order valence-corrected chi connectivity index (χ2v) is 8.02. The normalized spacial score (nSPS) is 16.1. The summed E-state index contributed by atoms with van der Waals surface area (Å²) in [6.07, 6.45) is 3.94. The van der Waals surface area contributed by atoms with E-state index in [4.69, 9.17) is 0 Å². The zero-order valence-electron chi connectivity index (χ0n) is 15.1. The zero-order chi connectivity index (χ0) is 17.6. The van der Waals surface area contributed by atoms with Crippen LogP contribution in [-0.2, 0) is 11.2 Å². The van der Waals surface area contributed by atoms with Crippen molar-refractivity contribution in [2.45, 2.75) is 45.6 Å². The molecule has 1 aromatic heterocycles. The molecule has 0 radical (unpaired) electrons. The monoisotopic (exact) mass is 357 g/mol. The fourth-order valence-electron chi connectivity index (χ4n) is 3.39. The number of carbonyl (C=O) groups excluding carboxylic acids is 1. The predicted molar refractivity (Wildman–Crippen MR) is 104 cm³/mol. The molecular formula is C20H27N3OS. The molecule has 0 spiro atoms. The molecule has 0 unspecified atom stereocenters. The number of rotatable bonds is 7. The van der Waals surface area contributed by atoms with E-state index in [0.29, 0.717) is 6.42 Å². The number of thiazole rings is 1. The first-order valence-electron chi connectivity index (χ1n) is 9.19. The average Bonchev–Trinajstić information content (AvgIpc) is 3.24. The van der Waals surface area contributed by atoms with Crippen LogP contribution in [0.5, 0.6) is 0 Å². The van der Waals surface area contributed by atoms with Crippen LogP contribution in [-0.4, -0.2) is 41.5 Å². The minimum Gasteiger partial charge on any atom is -0.352 e. The van der Waals surface area contributed by atoms with Crippen molar-refractivity contribution in [2.75, 3.05) is 19.6 Å². The Morgan fingerprint density at radius 1 is 1.28 bits per heavy atom. The Morgan fingerprint density at radius 2 is 2.00 bits per heavy atom. The summed E-state index contributed by atoms with van der Waals surface area (Å²) < 4.78 is 0. The maximum absolute atomic E-state index is 12.6. The molecule has 0 saturated carbocycles. The van der Waals surface area contributed by atoms with Gasteiger partial charge in [-0.05, 0) is 39.3 Å². The van der Waals surface area contributed by atoms with Crippen LogP contribution in [0.1, 0.15) is 36.1 Å². The number of nitrogens with zero attached hydrogens (tertiary/aromatic N) is 2. The zero-order valence-corrected chi connectivity index (χ0v) is 15.9. The average molecular weight is 358 g/mol. The van der Waals surface area contributed by atoms with Gasteiger partial charge in [0, 0.05) is 23.0 Å². The fraction of sp³-hybridized carbons (Fsp3) is 0.500. The van der Waals surface area contributed by atoms with Crippen molar-refractivity contribution in [3.05, 3.63) is 40.2 Å². The molecule has 1 atom stereocenters. The molecule has 5 heteroatoms. The lowest BCUT2D eigenvalue weighted by atomic mass is 10.1. The van der Waals surface area contributed by atoms with Crippen LogP contribution in [0.15, 0.2) is 30.3 Å². The molecule has 25 heavy (non-hydrogen) atoms. The highest BCUT2D eigenvalue weighted by molar-refractivity contribution is 7.12. The summed E-state index contributed by atoms with van der Waals surface area (Å²) in [4.78, 5) is 20.8. The molecule has 1 fully saturated rings. The Labute approximate surface area is 154 Å². The largest absolute Gasteiger partial charge is 0.352 e. The van der Waals surface area contributed by atoms with Crippen LogP contribution < -0.4 is 5.32 Å². The lowest BCUT2D eigenvalue weighted by Gasteiger charge is -2.23. The molecule has 2 aromatic rings. The van der Waals surface area contributed by atoms with Crippen LogP contribution in [0, 0.1) is 6.92 Å². The van der Waals surface area contributed by atoms with Gasteiger partial charge >= 0.3 is 0 Å². The molecule has 134 valence electrons. The maximum atomic E-state index is 12.6. The van der Waals surface area contributed by atoms with Crippen molar-refractivity contribution in [2.24, 2.45) is 0 Å². The first kappa shape index (κ1) is 18.1. The fourth-order valence-corrected chi connectivity index (χ4v) is 4.35. The van der Waals surface area contributed by atoms with Crippen LogP contribution in [0.4, 0.5) is 0 Å². The van der Waals surface area contributed by atoms with Crippen LogP contribution in [0.2, 0.25) is 0 Å². The SMILES string of the molecule is CC[C@H](CN1CCCC1)NC(=O)Cc1sc(C)nc1-c1ccccc1. The number of benzene rings is 1. The van der Waals surface area contributed by atoms with E-state index in [9.17, 15) is 4.79 Å². The van der Waals surface area contributed by atoms with Crippen molar-refractivity contribution >= 4 is 17.2 Å². The van der Waals surface area contributed by atoms with Crippen molar-refractivity contribution < 1.29 is 4.79 Å². The van der Waals surface area contributed by atoms with E-state index in [1.54, 1.807) is 11.3 Å². The van der Waals surface area contributed by atoms with Crippen molar-refractivity contribution in [1.82, 2.24) is 15.2 Å². The lowest BCUT2D eigenvalue weighted by Crippen LogP contribution is -2.43. The van der Waals surface area contributed by atoms with Gasteiger partial charge in [0.1, 0.15) is 0 Å². The van der Waals surface area contributed by atoms with E-state index >= 15 is 0 Å². The number of hydrogen-bond acceptors (Lipinski definition) is 4. The van der Waals surface area contributed by atoms with E-state index in [-0.39, 0.29) is 11.9 Å². The molecular weight excluding hydrogens is 330 g/mol. The number of aromatic nitrogens is 1. The van der Waals surface area contributed by atoms with Crippen LogP contribution in [0.3, 0.4) is 0 Å².